The molecule has 3 N–H and O–H groups in total. The molecule has 1 fully saturated rings. The first-order chi connectivity index (χ1) is 6.77. The van der Waals surface area contributed by atoms with E-state index in [1.54, 1.807) is 0 Å². The van der Waals surface area contributed by atoms with E-state index >= 15 is 0 Å². The average molecular weight is 191 g/mol. The number of rotatable bonds is 2. The molecule has 1 aromatic rings. The zero-order chi connectivity index (χ0) is 10.0. The summed E-state index contributed by atoms with van der Waals surface area (Å²) >= 11 is 0. The number of nitrogens with two attached hydrogens (primary N) is 1. The molecule has 1 aliphatic carbocycles. The van der Waals surface area contributed by atoms with Crippen molar-refractivity contribution in [3.8, 4) is 0 Å². The third kappa shape index (κ3) is 1.56. The van der Waals surface area contributed by atoms with Crippen molar-refractivity contribution < 1.29 is 5.11 Å². The van der Waals surface area contributed by atoms with Gasteiger partial charge in [-0.05, 0) is 24.8 Å². The summed E-state index contributed by atoms with van der Waals surface area (Å²) in [5.74, 6) is 0. The molecule has 0 saturated heterocycles. The summed E-state index contributed by atoms with van der Waals surface area (Å²) in [6, 6.07) is 10.3. The third-order valence-corrected chi connectivity index (χ3v) is 3.36. The Morgan fingerprint density at radius 3 is 2.57 bits per heavy atom. The van der Waals surface area contributed by atoms with E-state index in [0.29, 0.717) is 6.54 Å². The van der Waals surface area contributed by atoms with Crippen LogP contribution >= 0.6 is 0 Å². The Labute approximate surface area is 84.7 Å². The van der Waals surface area contributed by atoms with Crippen LogP contribution in [-0.4, -0.2) is 17.8 Å². The molecule has 0 heterocycles. The van der Waals surface area contributed by atoms with E-state index in [-0.39, 0.29) is 11.5 Å². The molecule has 0 spiro atoms. The normalized spacial score (nSPS) is 32.0. The molecule has 2 unspecified atom stereocenters. The maximum absolute atomic E-state index is 9.60. The van der Waals surface area contributed by atoms with Crippen LogP contribution < -0.4 is 5.73 Å². The van der Waals surface area contributed by atoms with Crippen LogP contribution in [-0.2, 0) is 5.41 Å². The molecule has 0 amide bonds. The van der Waals surface area contributed by atoms with Crippen LogP contribution in [0.5, 0.6) is 0 Å². The molecule has 1 aliphatic rings. The van der Waals surface area contributed by atoms with Crippen molar-refractivity contribution in [2.24, 2.45) is 5.73 Å². The van der Waals surface area contributed by atoms with Gasteiger partial charge in [0.15, 0.2) is 0 Å². The highest BCUT2D eigenvalue weighted by molar-refractivity contribution is 5.27. The Morgan fingerprint density at radius 2 is 2.07 bits per heavy atom. The van der Waals surface area contributed by atoms with Crippen LogP contribution in [0.2, 0.25) is 0 Å². The molecule has 2 nitrogen and oxygen atoms in total. The van der Waals surface area contributed by atoms with Crippen LogP contribution in [0.15, 0.2) is 30.3 Å². The molecule has 0 radical (unpaired) electrons. The standard InChI is InChI=1S/C12H17NO/c13-9-12(7-6-11(14)8-12)10-4-2-1-3-5-10/h1-5,11,14H,6-9,13H2. The van der Waals surface area contributed by atoms with Gasteiger partial charge in [0.25, 0.3) is 0 Å². The van der Waals surface area contributed by atoms with Gasteiger partial charge in [0.1, 0.15) is 0 Å². The van der Waals surface area contributed by atoms with Crippen molar-refractivity contribution >= 4 is 0 Å². The van der Waals surface area contributed by atoms with E-state index in [4.69, 9.17) is 5.73 Å². The van der Waals surface area contributed by atoms with Gasteiger partial charge in [-0.3, -0.25) is 0 Å². The molecular weight excluding hydrogens is 174 g/mol. The predicted molar refractivity (Wildman–Crippen MR) is 57.0 cm³/mol. The fraction of sp³-hybridized carbons (Fsp3) is 0.500. The second kappa shape index (κ2) is 3.71. The maximum Gasteiger partial charge on any atom is 0.0549 e. The van der Waals surface area contributed by atoms with Gasteiger partial charge in [0.05, 0.1) is 6.10 Å². The maximum atomic E-state index is 9.60. The quantitative estimate of drug-likeness (QED) is 0.742. The highest BCUT2D eigenvalue weighted by Gasteiger charge is 2.38. The second-order valence-corrected chi connectivity index (χ2v) is 4.25. The lowest BCUT2D eigenvalue weighted by atomic mass is 9.79. The molecule has 2 rings (SSSR count). The van der Waals surface area contributed by atoms with Crippen LogP contribution in [0.4, 0.5) is 0 Å². The van der Waals surface area contributed by atoms with Gasteiger partial charge in [0, 0.05) is 12.0 Å². The highest BCUT2D eigenvalue weighted by atomic mass is 16.3. The van der Waals surface area contributed by atoms with Gasteiger partial charge >= 0.3 is 0 Å². The van der Waals surface area contributed by atoms with Gasteiger partial charge in [-0.1, -0.05) is 30.3 Å². The van der Waals surface area contributed by atoms with Crippen molar-refractivity contribution in [2.45, 2.75) is 30.8 Å². The molecule has 14 heavy (non-hydrogen) atoms. The molecule has 76 valence electrons. The topological polar surface area (TPSA) is 46.2 Å². The Kier molecular flexibility index (Phi) is 2.57. The van der Waals surface area contributed by atoms with Gasteiger partial charge < -0.3 is 10.8 Å². The summed E-state index contributed by atoms with van der Waals surface area (Å²) in [5, 5.41) is 9.60. The van der Waals surface area contributed by atoms with Crippen molar-refractivity contribution in [1.29, 1.82) is 0 Å². The minimum Gasteiger partial charge on any atom is -0.393 e. The predicted octanol–water partition coefficient (Wildman–Crippen LogP) is 1.43. The molecule has 0 aromatic heterocycles. The lowest BCUT2D eigenvalue weighted by Crippen LogP contribution is -2.32. The second-order valence-electron chi connectivity index (χ2n) is 4.25. The van der Waals surface area contributed by atoms with Crippen LogP contribution in [0.25, 0.3) is 0 Å². The summed E-state index contributed by atoms with van der Waals surface area (Å²) < 4.78 is 0. The molecule has 1 aromatic carbocycles. The largest absolute Gasteiger partial charge is 0.393 e. The van der Waals surface area contributed by atoms with E-state index < -0.39 is 0 Å². The molecule has 2 atom stereocenters. The van der Waals surface area contributed by atoms with E-state index in [1.165, 1.54) is 5.56 Å². The third-order valence-electron chi connectivity index (χ3n) is 3.36. The van der Waals surface area contributed by atoms with Crippen molar-refractivity contribution in [3.05, 3.63) is 35.9 Å². The van der Waals surface area contributed by atoms with E-state index in [0.717, 1.165) is 19.3 Å². The van der Waals surface area contributed by atoms with Crippen LogP contribution in [0, 0.1) is 0 Å². The van der Waals surface area contributed by atoms with Crippen LogP contribution in [0.3, 0.4) is 0 Å². The monoisotopic (exact) mass is 191 g/mol. The molecule has 1 saturated carbocycles. The fourth-order valence-corrected chi connectivity index (χ4v) is 2.46. The van der Waals surface area contributed by atoms with Crippen molar-refractivity contribution in [3.63, 3.8) is 0 Å². The molecule has 0 aliphatic heterocycles. The zero-order valence-electron chi connectivity index (χ0n) is 8.32. The summed E-state index contributed by atoms with van der Waals surface area (Å²) in [6.07, 6.45) is 2.53. The summed E-state index contributed by atoms with van der Waals surface area (Å²) in [6.45, 7) is 0.633. The van der Waals surface area contributed by atoms with Gasteiger partial charge in [-0.25, -0.2) is 0 Å². The van der Waals surface area contributed by atoms with Gasteiger partial charge in [0.2, 0.25) is 0 Å². The first-order valence-corrected chi connectivity index (χ1v) is 5.20. The summed E-state index contributed by atoms with van der Waals surface area (Å²) in [7, 11) is 0. The smallest absolute Gasteiger partial charge is 0.0549 e. The van der Waals surface area contributed by atoms with Gasteiger partial charge in [-0.15, -0.1) is 0 Å². The Bertz CT molecular complexity index is 298. The fourth-order valence-electron chi connectivity index (χ4n) is 2.46. The molecule has 0 bridgehead atoms. The molecule has 2 heteroatoms. The number of aliphatic hydroxyl groups excluding tert-OH is 1. The van der Waals surface area contributed by atoms with E-state index in [9.17, 15) is 5.11 Å². The lowest BCUT2D eigenvalue weighted by molar-refractivity contribution is 0.174. The van der Waals surface area contributed by atoms with E-state index in [1.807, 2.05) is 18.2 Å². The first kappa shape index (κ1) is 9.69. The Hall–Kier alpha value is -0.860. The van der Waals surface area contributed by atoms with E-state index in [2.05, 4.69) is 12.1 Å². The number of benzene rings is 1. The zero-order valence-corrected chi connectivity index (χ0v) is 8.32. The number of aliphatic hydroxyl groups is 1. The minimum atomic E-state index is -0.168. The molecular formula is C12H17NO. The Morgan fingerprint density at radius 1 is 1.36 bits per heavy atom. The number of hydrogen-bond donors (Lipinski definition) is 2. The highest BCUT2D eigenvalue weighted by Crippen LogP contribution is 2.40. The average Bonchev–Trinajstić information content (AvgIpc) is 2.63. The lowest BCUT2D eigenvalue weighted by Gasteiger charge is -2.27. The van der Waals surface area contributed by atoms with Crippen molar-refractivity contribution in [1.82, 2.24) is 0 Å². The van der Waals surface area contributed by atoms with Gasteiger partial charge in [-0.2, -0.15) is 0 Å². The SMILES string of the molecule is NCC1(c2ccccc2)CCC(O)C1. The summed E-state index contributed by atoms with van der Waals surface area (Å²) in [5.41, 5.74) is 7.16. The summed E-state index contributed by atoms with van der Waals surface area (Å²) in [4.78, 5) is 0. The number of hydrogen-bond acceptors (Lipinski definition) is 2. The van der Waals surface area contributed by atoms with Crippen LogP contribution in [0.1, 0.15) is 24.8 Å². The Balaban J connectivity index is 2.30. The first-order valence-electron chi connectivity index (χ1n) is 5.20. The minimum absolute atomic E-state index is 0.0284. The van der Waals surface area contributed by atoms with Crippen molar-refractivity contribution in [2.75, 3.05) is 6.54 Å².